The molecule has 2 aromatic carbocycles. The van der Waals surface area contributed by atoms with E-state index in [9.17, 15) is 19.3 Å². The van der Waals surface area contributed by atoms with Crippen LogP contribution in [0.1, 0.15) is 43.1 Å². The van der Waals surface area contributed by atoms with Gasteiger partial charge in [0, 0.05) is 24.2 Å². The Morgan fingerprint density at radius 1 is 1.19 bits per heavy atom. The van der Waals surface area contributed by atoms with Gasteiger partial charge in [-0.25, -0.2) is 4.39 Å². The van der Waals surface area contributed by atoms with Crippen LogP contribution in [-0.4, -0.2) is 31.2 Å². The molecule has 3 rings (SSSR count). The van der Waals surface area contributed by atoms with Gasteiger partial charge < -0.3 is 9.30 Å². The van der Waals surface area contributed by atoms with Gasteiger partial charge in [-0.05, 0) is 25.0 Å². The Morgan fingerprint density at radius 3 is 2.62 bits per heavy atom. The van der Waals surface area contributed by atoms with Crippen LogP contribution in [0.3, 0.4) is 0 Å². The third-order valence-corrected chi connectivity index (χ3v) is 5.48. The van der Waals surface area contributed by atoms with E-state index in [2.05, 4.69) is 10.2 Å². The van der Waals surface area contributed by atoms with E-state index in [4.69, 9.17) is 4.74 Å². The summed E-state index contributed by atoms with van der Waals surface area (Å²) < 4.78 is 21.6. The Labute approximate surface area is 189 Å². The fourth-order valence-corrected chi connectivity index (χ4v) is 3.88. The first kappa shape index (κ1) is 23.4. The first-order valence-electron chi connectivity index (χ1n) is 10.0. The second-order valence-electron chi connectivity index (χ2n) is 7.56. The van der Waals surface area contributed by atoms with Crippen molar-refractivity contribution in [3.05, 3.63) is 75.9 Å². The minimum absolute atomic E-state index is 0.0416. The van der Waals surface area contributed by atoms with Crippen molar-refractivity contribution in [2.75, 3.05) is 5.75 Å². The predicted octanol–water partition coefficient (Wildman–Crippen LogP) is 5.10. The number of nitro benzene ring substituents is 1. The number of benzene rings is 2. The number of non-ortho nitro benzene ring substituents is 1. The van der Waals surface area contributed by atoms with Crippen LogP contribution in [0.4, 0.5) is 10.1 Å². The first-order valence-corrected chi connectivity index (χ1v) is 11.0. The molecule has 32 heavy (non-hydrogen) atoms. The lowest BCUT2D eigenvalue weighted by atomic mass is 10.1. The molecular weight excluding hydrogens is 435 g/mol. The van der Waals surface area contributed by atoms with E-state index in [0.29, 0.717) is 17.5 Å². The molecule has 0 radical (unpaired) electrons. The highest BCUT2D eigenvalue weighted by molar-refractivity contribution is 7.99. The number of nitro groups is 1. The molecule has 1 aromatic heterocycles. The molecule has 0 spiro atoms. The average molecular weight is 459 g/mol. The fourth-order valence-electron chi connectivity index (χ4n) is 3.03. The van der Waals surface area contributed by atoms with Crippen molar-refractivity contribution in [3.63, 3.8) is 0 Å². The Morgan fingerprint density at radius 2 is 1.94 bits per heavy atom. The van der Waals surface area contributed by atoms with Gasteiger partial charge in [-0.3, -0.25) is 14.9 Å². The van der Waals surface area contributed by atoms with E-state index in [0.717, 1.165) is 0 Å². The number of carbonyl (C=O) groups excluding carboxylic acids is 1. The van der Waals surface area contributed by atoms with E-state index in [1.165, 1.54) is 36.0 Å². The molecule has 168 valence electrons. The number of hydrogen-bond donors (Lipinski definition) is 0. The molecule has 0 amide bonds. The molecule has 0 aliphatic heterocycles. The summed E-state index contributed by atoms with van der Waals surface area (Å²) in [7, 11) is 0. The maximum absolute atomic E-state index is 14.0. The first-order chi connectivity index (χ1) is 15.3. The van der Waals surface area contributed by atoms with E-state index in [1.807, 2.05) is 18.4 Å². The minimum atomic E-state index is -0.569. The van der Waals surface area contributed by atoms with Gasteiger partial charge in [-0.15, -0.1) is 10.2 Å². The zero-order chi connectivity index (χ0) is 23.3. The number of ketones is 1. The second kappa shape index (κ2) is 10.4. The standard InChI is InChI=1S/C22H23FN4O4S/c1-14(2)12-26-21(15(3)31-20-10-5-4-9-18(20)23)24-25-22(26)32-13-19(28)16-7-6-8-17(11-16)27(29)30/h4-11,14-15H,12-13H2,1-3H3. The number of hydrogen-bond acceptors (Lipinski definition) is 7. The summed E-state index contributed by atoms with van der Waals surface area (Å²) in [6, 6.07) is 11.8. The van der Waals surface area contributed by atoms with Crippen molar-refractivity contribution in [3.8, 4) is 5.75 Å². The number of nitrogens with zero attached hydrogens (tertiary/aromatic N) is 4. The highest BCUT2D eigenvalue weighted by Gasteiger charge is 2.22. The molecule has 0 saturated heterocycles. The molecule has 0 bridgehead atoms. The zero-order valence-corrected chi connectivity index (χ0v) is 18.7. The summed E-state index contributed by atoms with van der Waals surface area (Å²) >= 11 is 1.19. The van der Waals surface area contributed by atoms with Gasteiger partial charge in [-0.2, -0.15) is 0 Å². The number of Topliss-reactive ketones (excluding diaryl/α,β-unsaturated/α-hetero) is 1. The summed E-state index contributed by atoms with van der Waals surface area (Å²) in [5.41, 5.74) is 0.128. The Kier molecular flexibility index (Phi) is 7.57. The smallest absolute Gasteiger partial charge is 0.270 e. The lowest BCUT2D eigenvalue weighted by Crippen LogP contribution is -2.16. The Bertz CT molecular complexity index is 1120. The molecule has 10 heteroatoms. The lowest BCUT2D eigenvalue weighted by molar-refractivity contribution is -0.384. The lowest BCUT2D eigenvalue weighted by Gasteiger charge is -2.18. The summed E-state index contributed by atoms with van der Waals surface area (Å²) in [4.78, 5) is 23.0. The van der Waals surface area contributed by atoms with Gasteiger partial charge in [0.2, 0.25) is 0 Å². The minimum Gasteiger partial charge on any atom is -0.480 e. The molecule has 0 aliphatic rings. The average Bonchev–Trinajstić information content (AvgIpc) is 3.15. The summed E-state index contributed by atoms with van der Waals surface area (Å²) in [5.74, 6) is 0.222. The van der Waals surface area contributed by atoms with Gasteiger partial charge in [0.15, 0.2) is 34.4 Å². The number of thioether (sulfide) groups is 1. The predicted molar refractivity (Wildman–Crippen MR) is 118 cm³/mol. The summed E-state index contributed by atoms with van der Waals surface area (Å²) in [6.07, 6.45) is -0.569. The van der Waals surface area contributed by atoms with Gasteiger partial charge in [-0.1, -0.05) is 49.9 Å². The molecule has 1 heterocycles. The number of para-hydroxylation sites is 1. The fraction of sp³-hybridized carbons (Fsp3) is 0.318. The van der Waals surface area contributed by atoms with Gasteiger partial charge in [0.05, 0.1) is 10.7 Å². The number of rotatable bonds is 10. The highest BCUT2D eigenvalue weighted by atomic mass is 32.2. The molecule has 1 unspecified atom stereocenters. The van der Waals surface area contributed by atoms with E-state index in [1.54, 1.807) is 31.2 Å². The topological polar surface area (TPSA) is 100 Å². The Balaban J connectivity index is 1.77. The molecule has 3 aromatic rings. The van der Waals surface area contributed by atoms with Crippen molar-refractivity contribution in [2.24, 2.45) is 5.92 Å². The van der Waals surface area contributed by atoms with Gasteiger partial charge >= 0.3 is 0 Å². The molecule has 0 saturated carbocycles. The molecule has 0 fully saturated rings. The van der Waals surface area contributed by atoms with Crippen molar-refractivity contribution in [1.29, 1.82) is 0 Å². The molecule has 0 aliphatic carbocycles. The van der Waals surface area contributed by atoms with Crippen LogP contribution >= 0.6 is 11.8 Å². The van der Waals surface area contributed by atoms with E-state index >= 15 is 0 Å². The second-order valence-corrected chi connectivity index (χ2v) is 8.50. The summed E-state index contributed by atoms with van der Waals surface area (Å²) in [5, 5.41) is 19.9. The SMILES string of the molecule is CC(C)Cn1c(SCC(=O)c2cccc([N+](=O)[O-])c2)nnc1C(C)Oc1ccccc1F. The van der Waals surface area contributed by atoms with Gasteiger partial charge in [0.1, 0.15) is 0 Å². The van der Waals surface area contributed by atoms with E-state index < -0.39 is 16.8 Å². The molecule has 1 atom stereocenters. The van der Waals surface area contributed by atoms with Crippen LogP contribution in [0.2, 0.25) is 0 Å². The van der Waals surface area contributed by atoms with E-state index in [-0.39, 0.29) is 34.5 Å². The van der Waals surface area contributed by atoms with Crippen LogP contribution in [0.5, 0.6) is 5.75 Å². The number of aromatic nitrogens is 3. The third-order valence-electron chi connectivity index (χ3n) is 4.51. The maximum Gasteiger partial charge on any atom is 0.270 e. The van der Waals surface area contributed by atoms with Crippen molar-refractivity contribution < 1.29 is 18.8 Å². The Hall–Kier alpha value is -3.27. The number of ether oxygens (including phenoxy) is 1. The van der Waals surface area contributed by atoms with Crippen LogP contribution < -0.4 is 4.74 Å². The summed E-state index contributed by atoms with van der Waals surface area (Å²) in [6.45, 7) is 6.42. The quantitative estimate of drug-likeness (QED) is 0.180. The van der Waals surface area contributed by atoms with Crippen molar-refractivity contribution in [2.45, 2.75) is 38.6 Å². The van der Waals surface area contributed by atoms with Crippen LogP contribution in [0.15, 0.2) is 53.7 Å². The normalized spacial score (nSPS) is 12.0. The molecule has 8 nitrogen and oxygen atoms in total. The number of carbonyl (C=O) groups is 1. The monoisotopic (exact) mass is 458 g/mol. The van der Waals surface area contributed by atoms with Crippen LogP contribution in [0, 0.1) is 21.8 Å². The maximum atomic E-state index is 14.0. The van der Waals surface area contributed by atoms with Gasteiger partial charge in [0.25, 0.3) is 5.69 Å². The third kappa shape index (κ3) is 5.70. The molecule has 0 N–H and O–H groups in total. The van der Waals surface area contributed by atoms with Crippen LogP contribution in [0.25, 0.3) is 0 Å². The molecular formula is C22H23FN4O4S. The zero-order valence-electron chi connectivity index (χ0n) is 17.9. The highest BCUT2D eigenvalue weighted by Crippen LogP contribution is 2.27. The van der Waals surface area contributed by atoms with Crippen LogP contribution in [-0.2, 0) is 6.54 Å². The van der Waals surface area contributed by atoms with Crippen molar-refractivity contribution >= 4 is 23.2 Å². The number of halogens is 1. The largest absolute Gasteiger partial charge is 0.480 e. The van der Waals surface area contributed by atoms with Crippen molar-refractivity contribution in [1.82, 2.24) is 14.8 Å².